The van der Waals surface area contributed by atoms with Crippen molar-refractivity contribution in [2.45, 2.75) is 41.4 Å². The number of nitrogens with zero attached hydrogens (tertiary/aromatic N) is 1. The van der Waals surface area contributed by atoms with E-state index in [-0.39, 0.29) is 45.8 Å². The summed E-state index contributed by atoms with van der Waals surface area (Å²) in [6, 6.07) is 8.42. The van der Waals surface area contributed by atoms with Crippen LogP contribution in [0.5, 0.6) is 0 Å². The lowest BCUT2D eigenvalue weighted by atomic mass is 9.71. The van der Waals surface area contributed by atoms with Gasteiger partial charge in [-0.05, 0) is 61.8 Å². The minimum Gasteiger partial charge on any atom is -0.385 e. The van der Waals surface area contributed by atoms with Crippen LogP contribution in [0.4, 0.5) is 18.9 Å². The first-order chi connectivity index (χ1) is 17.5. The summed E-state index contributed by atoms with van der Waals surface area (Å²) in [6.07, 6.45) is 4.99. The summed E-state index contributed by atoms with van der Waals surface area (Å²) in [5.74, 6) is -6.06. The number of carbonyl (C=O) groups excluding carboxylic acids is 1. The van der Waals surface area contributed by atoms with Crippen LogP contribution in [0.15, 0.2) is 59.8 Å². The number of aromatic nitrogens is 1. The summed E-state index contributed by atoms with van der Waals surface area (Å²) in [5, 5.41) is 12.9. The first-order valence-electron chi connectivity index (χ1n) is 11.6. The molecule has 2 aromatic carbocycles. The molecule has 0 saturated heterocycles. The van der Waals surface area contributed by atoms with Crippen LogP contribution in [-0.2, 0) is 15.4 Å². The van der Waals surface area contributed by atoms with Gasteiger partial charge < -0.3 is 10.4 Å². The number of hydrogen-bond donors (Lipinski definition) is 2. The lowest BCUT2D eigenvalue weighted by molar-refractivity contribution is -0.0649. The zero-order valence-electron chi connectivity index (χ0n) is 19.3. The van der Waals surface area contributed by atoms with Crippen molar-refractivity contribution in [1.29, 1.82) is 0 Å². The zero-order chi connectivity index (χ0) is 26.5. The first-order valence-corrected chi connectivity index (χ1v) is 13.6. The molecule has 2 N–H and O–H groups in total. The molecule has 194 valence electrons. The van der Waals surface area contributed by atoms with E-state index in [0.717, 1.165) is 6.07 Å². The van der Waals surface area contributed by atoms with Crippen LogP contribution < -0.4 is 5.32 Å². The molecule has 1 heterocycles. The highest BCUT2D eigenvalue weighted by Gasteiger charge is 2.56. The molecule has 2 unspecified atom stereocenters. The van der Waals surface area contributed by atoms with Crippen LogP contribution in [0.2, 0.25) is 5.02 Å². The molecular weight excluding hydrogens is 529 g/mol. The van der Waals surface area contributed by atoms with Crippen molar-refractivity contribution in [2.24, 2.45) is 11.8 Å². The van der Waals surface area contributed by atoms with Gasteiger partial charge in [0.05, 0.1) is 20.8 Å². The number of nitrogens with one attached hydrogen (secondary N) is 1. The molecule has 1 amide bonds. The number of rotatable bonds is 5. The van der Waals surface area contributed by atoms with Crippen LogP contribution >= 0.6 is 11.6 Å². The van der Waals surface area contributed by atoms with Gasteiger partial charge >= 0.3 is 0 Å². The SMILES string of the molecule is O=C(Nc1cc(F)c(F)c(F)c1)c1ccc(Cl)c(S(=O)(=O)C2CC3CCC(C2)C3(O)c2cccnc2)c1. The molecular formula is C26H22ClF3N2O4S. The lowest BCUT2D eigenvalue weighted by Crippen LogP contribution is -2.46. The third-order valence-corrected chi connectivity index (χ3v) is 10.2. The van der Waals surface area contributed by atoms with Crippen molar-refractivity contribution >= 4 is 33.0 Å². The maximum Gasteiger partial charge on any atom is 0.255 e. The summed E-state index contributed by atoms with van der Waals surface area (Å²) in [6.45, 7) is 0. The van der Waals surface area contributed by atoms with Gasteiger partial charge in [0.25, 0.3) is 5.91 Å². The fraction of sp³-hybridized carbons (Fsp3) is 0.308. The Morgan fingerprint density at radius 3 is 2.30 bits per heavy atom. The van der Waals surface area contributed by atoms with Gasteiger partial charge in [-0.1, -0.05) is 17.7 Å². The van der Waals surface area contributed by atoms with E-state index in [1.54, 1.807) is 24.5 Å². The Morgan fingerprint density at radius 1 is 1.05 bits per heavy atom. The molecule has 2 fully saturated rings. The predicted octanol–water partition coefficient (Wildman–Crippen LogP) is 5.25. The second kappa shape index (κ2) is 9.41. The number of hydrogen-bond acceptors (Lipinski definition) is 5. The number of sulfone groups is 1. The number of fused-ring (bicyclic) bond motifs is 2. The van der Waals surface area contributed by atoms with Crippen LogP contribution in [-0.4, -0.2) is 29.7 Å². The molecule has 0 spiro atoms. The zero-order valence-corrected chi connectivity index (χ0v) is 20.9. The molecule has 6 nitrogen and oxygen atoms in total. The fourth-order valence-electron chi connectivity index (χ4n) is 5.70. The van der Waals surface area contributed by atoms with Crippen molar-refractivity contribution < 1.29 is 31.5 Å². The van der Waals surface area contributed by atoms with E-state index in [4.69, 9.17) is 11.6 Å². The third kappa shape index (κ3) is 4.41. The summed E-state index contributed by atoms with van der Waals surface area (Å²) >= 11 is 6.25. The van der Waals surface area contributed by atoms with Crippen LogP contribution in [0.1, 0.15) is 41.6 Å². The molecule has 0 radical (unpaired) electrons. The van der Waals surface area contributed by atoms with Gasteiger partial charge in [-0.2, -0.15) is 0 Å². The fourth-order valence-corrected chi connectivity index (χ4v) is 8.10. The molecule has 37 heavy (non-hydrogen) atoms. The van der Waals surface area contributed by atoms with Gasteiger partial charge in [-0.3, -0.25) is 9.78 Å². The number of carbonyl (C=O) groups is 1. The Bertz CT molecular complexity index is 1450. The van der Waals surface area contributed by atoms with E-state index < -0.39 is 44.0 Å². The van der Waals surface area contributed by atoms with Gasteiger partial charge in [0, 0.05) is 41.3 Å². The quantitative estimate of drug-likeness (QED) is 0.423. The van der Waals surface area contributed by atoms with E-state index in [2.05, 4.69) is 10.3 Å². The van der Waals surface area contributed by atoms with Crippen molar-refractivity contribution in [2.75, 3.05) is 5.32 Å². The number of aliphatic hydroxyl groups is 1. The Hall–Kier alpha value is -2.95. The van der Waals surface area contributed by atoms with E-state index in [1.165, 1.54) is 12.1 Å². The van der Waals surface area contributed by atoms with Gasteiger partial charge in [0.2, 0.25) is 0 Å². The van der Waals surface area contributed by atoms with E-state index in [0.29, 0.717) is 30.5 Å². The van der Waals surface area contributed by atoms with E-state index in [9.17, 15) is 31.5 Å². The average molecular weight is 551 g/mol. The largest absolute Gasteiger partial charge is 0.385 e. The van der Waals surface area contributed by atoms with Crippen molar-refractivity contribution in [1.82, 2.24) is 4.98 Å². The molecule has 2 aliphatic rings. The predicted molar refractivity (Wildman–Crippen MR) is 130 cm³/mol. The highest BCUT2D eigenvalue weighted by molar-refractivity contribution is 7.92. The van der Waals surface area contributed by atoms with Crippen LogP contribution in [0.3, 0.4) is 0 Å². The minimum atomic E-state index is -4.01. The number of pyridine rings is 1. The van der Waals surface area contributed by atoms with Crippen LogP contribution in [0, 0.1) is 29.3 Å². The van der Waals surface area contributed by atoms with Gasteiger partial charge in [-0.25, -0.2) is 21.6 Å². The average Bonchev–Trinajstić information content (AvgIpc) is 3.04. The molecule has 2 atom stereocenters. The van der Waals surface area contributed by atoms with Crippen molar-refractivity contribution in [3.8, 4) is 0 Å². The second-order valence-electron chi connectivity index (χ2n) is 9.53. The third-order valence-electron chi connectivity index (χ3n) is 7.51. The highest BCUT2D eigenvalue weighted by atomic mass is 35.5. The summed E-state index contributed by atoms with van der Waals surface area (Å²) < 4.78 is 67.6. The summed E-state index contributed by atoms with van der Waals surface area (Å²) in [7, 11) is -4.01. The first kappa shape index (κ1) is 25.7. The number of amides is 1. The molecule has 2 bridgehead atoms. The van der Waals surface area contributed by atoms with Gasteiger partial charge in [0.1, 0.15) is 0 Å². The maximum atomic E-state index is 13.7. The van der Waals surface area contributed by atoms with Gasteiger partial charge in [-0.15, -0.1) is 0 Å². The minimum absolute atomic E-state index is 0.0733. The molecule has 3 aromatic rings. The van der Waals surface area contributed by atoms with E-state index in [1.807, 2.05) is 0 Å². The lowest BCUT2D eigenvalue weighted by Gasteiger charge is -2.42. The Kier molecular flexibility index (Phi) is 6.54. The molecule has 2 saturated carbocycles. The van der Waals surface area contributed by atoms with E-state index >= 15 is 0 Å². The number of anilines is 1. The Labute approximate surface area is 216 Å². The highest BCUT2D eigenvalue weighted by Crippen LogP contribution is 2.56. The maximum absolute atomic E-state index is 13.7. The summed E-state index contributed by atoms with van der Waals surface area (Å²) in [5.41, 5.74) is -0.937. The monoisotopic (exact) mass is 550 g/mol. The number of benzene rings is 2. The smallest absolute Gasteiger partial charge is 0.255 e. The number of halogens is 4. The standard InChI is InChI=1S/C26H22ClF3N2O4S/c27-20-6-3-14(25(33)32-18-11-21(28)24(30)22(29)12-18)8-23(20)37(35,36)19-9-15-4-5-16(10-19)26(15,34)17-2-1-7-31-13-17/h1-3,6-8,11-13,15-16,19,34H,4-5,9-10H2,(H,32,33). The molecule has 1 aromatic heterocycles. The molecule has 2 aliphatic carbocycles. The molecule has 0 aliphatic heterocycles. The Morgan fingerprint density at radius 2 is 1.70 bits per heavy atom. The Balaban J connectivity index is 1.41. The topological polar surface area (TPSA) is 96.4 Å². The van der Waals surface area contributed by atoms with Crippen molar-refractivity contribution in [3.05, 3.63) is 88.5 Å². The van der Waals surface area contributed by atoms with Gasteiger partial charge in [0.15, 0.2) is 27.3 Å². The summed E-state index contributed by atoms with van der Waals surface area (Å²) in [4.78, 5) is 16.6. The van der Waals surface area contributed by atoms with Crippen molar-refractivity contribution in [3.63, 3.8) is 0 Å². The second-order valence-corrected chi connectivity index (χ2v) is 12.1. The normalized spacial score (nSPS) is 25.2. The molecule has 5 rings (SSSR count). The van der Waals surface area contributed by atoms with Crippen LogP contribution in [0.25, 0.3) is 0 Å². The molecule has 11 heteroatoms.